The summed E-state index contributed by atoms with van der Waals surface area (Å²) in [5.74, 6) is 0. The average molecular weight is 281 g/mol. The van der Waals surface area contributed by atoms with E-state index >= 15 is 0 Å². The van der Waals surface area contributed by atoms with Crippen LogP contribution in [-0.2, 0) is 13.0 Å². The highest BCUT2D eigenvalue weighted by Crippen LogP contribution is 2.14. The number of hydrogen-bond donors (Lipinski definition) is 1. The van der Waals surface area contributed by atoms with Crippen molar-refractivity contribution in [2.24, 2.45) is 5.11 Å². The van der Waals surface area contributed by atoms with Gasteiger partial charge in [-0.25, -0.2) is 0 Å². The van der Waals surface area contributed by atoms with Gasteiger partial charge < -0.3 is 10.6 Å². The molecule has 0 radical (unpaired) electrons. The molecule has 2 aromatic rings. The van der Waals surface area contributed by atoms with Gasteiger partial charge in [0.05, 0.1) is 0 Å². The predicted molar refractivity (Wildman–Crippen MR) is 86.1 cm³/mol. The van der Waals surface area contributed by atoms with Crippen molar-refractivity contribution in [3.05, 3.63) is 70.1 Å². The molecule has 0 atom stereocenters. The Bertz CT molecular complexity index is 612. The molecule has 0 heterocycles. The lowest BCUT2D eigenvalue weighted by Crippen LogP contribution is -2.20. The summed E-state index contributed by atoms with van der Waals surface area (Å²) < 4.78 is 0. The Hall–Kier alpha value is -2.49. The summed E-state index contributed by atoms with van der Waals surface area (Å²) in [6, 6.07) is 15.7. The highest BCUT2D eigenvalue weighted by molar-refractivity contribution is 5.39. The van der Waals surface area contributed by atoms with Crippen LogP contribution in [0.3, 0.4) is 0 Å². The monoisotopic (exact) mass is 281 g/mol. The number of azide groups is 1. The van der Waals surface area contributed by atoms with E-state index in [0.29, 0.717) is 5.69 Å². The summed E-state index contributed by atoms with van der Waals surface area (Å²) in [7, 11) is 2.10. The molecular formula is C16H19N5. The number of nitrogens with zero attached hydrogens (tertiary/aromatic N) is 4. The second-order valence-corrected chi connectivity index (χ2v) is 5.09. The smallest absolute Gasteiger partial charge is 0.0375 e. The van der Waals surface area contributed by atoms with Gasteiger partial charge >= 0.3 is 0 Å². The number of rotatable bonds is 6. The zero-order valence-electron chi connectivity index (χ0n) is 12.1. The summed E-state index contributed by atoms with van der Waals surface area (Å²) in [6.45, 7) is 1.84. The number of hydrogen-bond acceptors (Lipinski definition) is 3. The first-order valence-electron chi connectivity index (χ1n) is 6.84. The van der Waals surface area contributed by atoms with Crippen LogP contribution in [0.15, 0.2) is 53.6 Å². The van der Waals surface area contributed by atoms with Crippen molar-refractivity contribution in [2.45, 2.75) is 13.0 Å². The molecule has 0 fully saturated rings. The van der Waals surface area contributed by atoms with Gasteiger partial charge in [0.15, 0.2) is 0 Å². The minimum absolute atomic E-state index is 0.644. The second kappa shape index (κ2) is 7.33. The van der Waals surface area contributed by atoms with Gasteiger partial charge in [0.2, 0.25) is 0 Å². The molecule has 0 saturated carbocycles. The molecule has 0 aliphatic heterocycles. The summed E-state index contributed by atoms with van der Waals surface area (Å²) in [5.41, 5.74) is 18.0. The van der Waals surface area contributed by atoms with Crippen molar-refractivity contribution >= 4 is 11.4 Å². The molecule has 0 saturated heterocycles. The number of nitrogen functional groups attached to an aromatic ring is 1. The Labute approximate surface area is 124 Å². The maximum absolute atomic E-state index is 8.37. The first-order valence-corrected chi connectivity index (χ1v) is 6.84. The van der Waals surface area contributed by atoms with Crippen molar-refractivity contribution in [3.8, 4) is 0 Å². The second-order valence-electron chi connectivity index (χ2n) is 5.09. The van der Waals surface area contributed by atoms with Crippen LogP contribution >= 0.6 is 0 Å². The zero-order valence-corrected chi connectivity index (χ0v) is 12.1. The lowest BCUT2D eigenvalue weighted by molar-refractivity contribution is 0.331. The molecule has 0 aromatic heterocycles. The fraction of sp³-hybridized carbons (Fsp3) is 0.250. The molecule has 5 nitrogen and oxygen atoms in total. The van der Waals surface area contributed by atoms with Crippen molar-refractivity contribution in [3.63, 3.8) is 0 Å². The summed E-state index contributed by atoms with van der Waals surface area (Å²) in [4.78, 5) is 5.03. The van der Waals surface area contributed by atoms with Crippen LogP contribution in [0.1, 0.15) is 11.1 Å². The van der Waals surface area contributed by atoms with Crippen LogP contribution < -0.4 is 5.73 Å². The Morgan fingerprint density at radius 2 is 1.67 bits per heavy atom. The summed E-state index contributed by atoms with van der Waals surface area (Å²) in [6.07, 6.45) is 0.994. The quantitative estimate of drug-likeness (QED) is 0.377. The molecule has 2 aromatic carbocycles. The van der Waals surface area contributed by atoms with E-state index < -0.39 is 0 Å². The van der Waals surface area contributed by atoms with Crippen molar-refractivity contribution in [1.29, 1.82) is 0 Å². The van der Waals surface area contributed by atoms with E-state index in [1.165, 1.54) is 11.1 Å². The molecule has 0 aliphatic rings. The number of anilines is 1. The van der Waals surface area contributed by atoms with Crippen LogP contribution in [0.25, 0.3) is 10.4 Å². The van der Waals surface area contributed by atoms with Crippen LogP contribution in [0, 0.1) is 0 Å². The lowest BCUT2D eigenvalue weighted by Gasteiger charge is -2.16. The van der Waals surface area contributed by atoms with E-state index in [2.05, 4.69) is 34.1 Å². The van der Waals surface area contributed by atoms with Gasteiger partial charge in [-0.05, 0) is 42.3 Å². The minimum Gasteiger partial charge on any atom is -0.399 e. The average Bonchev–Trinajstić information content (AvgIpc) is 2.49. The Balaban J connectivity index is 1.84. The van der Waals surface area contributed by atoms with Gasteiger partial charge in [-0.15, -0.1) is 0 Å². The normalized spacial score (nSPS) is 10.4. The highest BCUT2D eigenvalue weighted by atomic mass is 15.1. The van der Waals surface area contributed by atoms with Gasteiger partial charge in [0.1, 0.15) is 0 Å². The van der Waals surface area contributed by atoms with E-state index in [1.54, 1.807) is 0 Å². The van der Waals surface area contributed by atoms with Crippen LogP contribution in [0.4, 0.5) is 11.4 Å². The number of nitrogens with two attached hydrogens (primary N) is 1. The molecule has 0 spiro atoms. The third kappa shape index (κ3) is 4.84. The van der Waals surface area contributed by atoms with Crippen LogP contribution in [-0.4, -0.2) is 18.5 Å². The third-order valence-corrected chi connectivity index (χ3v) is 3.31. The Morgan fingerprint density at radius 1 is 1.05 bits per heavy atom. The van der Waals surface area contributed by atoms with Gasteiger partial charge in [-0.3, -0.25) is 0 Å². The largest absolute Gasteiger partial charge is 0.399 e. The van der Waals surface area contributed by atoms with E-state index in [0.717, 1.165) is 25.2 Å². The minimum atomic E-state index is 0.644. The molecule has 108 valence electrons. The SMILES string of the molecule is CN(CCc1ccc(N)cc1)Cc1ccc(N=[N+]=[N-])cc1. The molecule has 0 amide bonds. The van der Waals surface area contributed by atoms with E-state index in [4.69, 9.17) is 11.3 Å². The van der Waals surface area contributed by atoms with Crippen molar-refractivity contribution in [2.75, 3.05) is 19.3 Å². The first kappa shape index (κ1) is 14.9. The maximum atomic E-state index is 8.37. The predicted octanol–water partition coefficient (Wildman–Crippen LogP) is 3.89. The fourth-order valence-electron chi connectivity index (χ4n) is 2.11. The molecule has 21 heavy (non-hydrogen) atoms. The van der Waals surface area contributed by atoms with Crippen LogP contribution in [0.2, 0.25) is 0 Å². The fourth-order valence-corrected chi connectivity index (χ4v) is 2.11. The maximum Gasteiger partial charge on any atom is 0.0375 e. The van der Waals surface area contributed by atoms with Gasteiger partial charge in [-0.1, -0.05) is 41.5 Å². The summed E-state index contributed by atoms with van der Waals surface area (Å²) >= 11 is 0. The number of benzene rings is 2. The van der Waals surface area contributed by atoms with Crippen molar-refractivity contribution < 1.29 is 0 Å². The lowest BCUT2D eigenvalue weighted by atomic mass is 10.1. The Kier molecular flexibility index (Phi) is 5.21. The zero-order chi connectivity index (χ0) is 15.1. The van der Waals surface area contributed by atoms with E-state index in [-0.39, 0.29) is 0 Å². The molecule has 0 aliphatic carbocycles. The molecule has 5 heteroatoms. The molecular weight excluding hydrogens is 262 g/mol. The topological polar surface area (TPSA) is 78.0 Å². The standard InChI is InChI=1S/C16H19N5/c1-21(11-10-13-2-6-15(17)7-3-13)12-14-4-8-16(9-5-14)19-20-18/h2-9H,10-12,17H2,1H3. The number of likely N-dealkylation sites (N-methyl/N-ethyl adjacent to an activating group) is 1. The third-order valence-electron chi connectivity index (χ3n) is 3.31. The van der Waals surface area contributed by atoms with E-state index in [1.807, 2.05) is 36.4 Å². The first-order chi connectivity index (χ1) is 10.2. The van der Waals surface area contributed by atoms with Gasteiger partial charge in [-0.2, -0.15) is 0 Å². The van der Waals surface area contributed by atoms with Gasteiger partial charge in [0.25, 0.3) is 0 Å². The molecule has 0 unspecified atom stereocenters. The van der Waals surface area contributed by atoms with Crippen LogP contribution in [0.5, 0.6) is 0 Å². The van der Waals surface area contributed by atoms with E-state index in [9.17, 15) is 0 Å². The molecule has 2 rings (SSSR count). The Morgan fingerprint density at radius 3 is 2.29 bits per heavy atom. The molecule has 2 N–H and O–H groups in total. The highest BCUT2D eigenvalue weighted by Gasteiger charge is 2.01. The summed E-state index contributed by atoms with van der Waals surface area (Å²) in [5, 5.41) is 3.57. The van der Waals surface area contributed by atoms with Crippen molar-refractivity contribution in [1.82, 2.24) is 4.90 Å². The molecule has 0 bridgehead atoms. The van der Waals surface area contributed by atoms with Gasteiger partial charge in [0, 0.05) is 29.4 Å².